The molecule has 170 valence electrons. The lowest BCUT2D eigenvalue weighted by atomic mass is 10.0. The van der Waals surface area contributed by atoms with E-state index >= 15 is 0 Å². The number of ether oxygens (including phenoxy) is 1. The lowest BCUT2D eigenvalue weighted by Gasteiger charge is -2.23. The Labute approximate surface area is 190 Å². The maximum atomic E-state index is 13.8. The number of amides is 1. The van der Waals surface area contributed by atoms with Crippen LogP contribution in [0.5, 0.6) is 5.75 Å². The quantitative estimate of drug-likeness (QED) is 0.423. The van der Waals surface area contributed by atoms with E-state index < -0.39 is 0 Å². The van der Waals surface area contributed by atoms with Crippen LogP contribution in [0.3, 0.4) is 0 Å². The van der Waals surface area contributed by atoms with Crippen molar-refractivity contribution >= 4 is 16.8 Å². The largest absolute Gasteiger partial charge is 0.493 e. The summed E-state index contributed by atoms with van der Waals surface area (Å²) in [5.74, 6) is -0.115. The first-order valence-electron chi connectivity index (χ1n) is 10.7. The Bertz CT molecular complexity index is 1290. The fraction of sp³-hybridized carbons (Fsp3) is 0.240. The zero-order valence-corrected chi connectivity index (χ0v) is 18.5. The molecule has 0 saturated carbocycles. The second kappa shape index (κ2) is 9.79. The molecule has 1 amide bonds. The SMILES string of the molecule is CCOc1cc(C(=O)N(CCO)Cc2cnc(C)c3cn[nH]c23)ccc1-c1cccc(F)c1. The van der Waals surface area contributed by atoms with Crippen molar-refractivity contribution in [3.8, 4) is 16.9 Å². The topological polar surface area (TPSA) is 91.3 Å². The van der Waals surface area contributed by atoms with Crippen LogP contribution in [0.2, 0.25) is 0 Å². The van der Waals surface area contributed by atoms with E-state index in [9.17, 15) is 14.3 Å². The summed E-state index contributed by atoms with van der Waals surface area (Å²) in [4.78, 5) is 19.4. The molecule has 4 aromatic rings. The van der Waals surface area contributed by atoms with Crippen LogP contribution in [-0.2, 0) is 6.54 Å². The molecular formula is C25H25FN4O3. The fourth-order valence-corrected chi connectivity index (χ4v) is 3.82. The average molecular weight is 448 g/mol. The standard InChI is InChI=1S/C25H25FN4O3/c1-3-33-23-12-18(7-8-21(23)17-5-4-6-20(26)11-17)25(32)30(9-10-31)15-19-13-27-16(2)22-14-28-29-24(19)22/h4-8,11-14,31H,3,9-10,15H2,1-2H3,(H,28,29). The molecule has 0 aliphatic rings. The number of aliphatic hydroxyl groups excluding tert-OH is 1. The number of aromatic amines is 1. The molecular weight excluding hydrogens is 423 g/mol. The van der Waals surface area contributed by atoms with Crippen molar-refractivity contribution in [3.05, 3.63) is 77.5 Å². The summed E-state index contributed by atoms with van der Waals surface area (Å²) in [5, 5.41) is 17.6. The van der Waals surface area contributed by atoms with Crippen molar-refractivity contribution in [2.24, 2.45) is 0 Å². The summed E-state index contributed by atoms with van der Waals surface area (Å²) < 4.78 is 19.5. The molecule has 0 radical (unpaired) electrons. The maximum absolute atomic E-state index is 13.8. The predicted molar refractivity (Wildman–Crippen MR) is 123 cm³/mol. The molecule has 0 fully saturated rings. The summed E-state index contributed by atoms with van der Waals surface area (Å²) >= 11 is 0. The van der Waals surface area contributed by atoms with Gasteiger partial charge in [0.15, 0.2) is 0 Å². The van der Waals surface area contributed by atoms with Gasteiger partial charge in [-0.3, -0.25) is 14.9 Å². The maximum Gasteiger partial charge on any atom is 0.254 e. The average Bonchev–Trinajstić information content (AvgIpc) is 3.31. The zero-order chi connectivity index (χ0) is 23.4. The van der Waals surface area contributed by atoms with Gasteiger partial charge < -0.3 is 14.7 Å². The van der Waals surface area contributed by atoms with Crippen LogP contribution >= 0.6 is 0 Å². The van der Waals surface area contributed by atoms with Gasteiger partial charge in [0.25, 0.3) is 5.91 Å². The Morgan fingerprint density at radius 3 is 2.82 bits per heavy atom. The third kappa shape index (κ3) is 4.70. The molecule has 0 bridgehead atoms. The van der Waals surface area contributed by atoms with Crippen LogP contribution in [0.4, 0.5) is 4.39 Å². The number of halogens is 1. The van der Waals surface area contributed by atoms with Crippen LogP contribution in [0.25, 0.3) is 22.0 Å². The van der Waals surface area contributed by atoms with Crippen LogP contribution in [0, 0.1) is 12.7 Å². The van der Waals surface area contributed by atoms with Crippen molar-refractivity contribution in [1.82, 2.24) is 20.1 Å². The number of pyridine rings is 1. The minimum absolute atomic E-state index is 0.151. The number of benzene rings is 2. The van der Waals surface area contributed by atoms with Crippen LogP contribution in [0.1, 0.15) is 28.5 Å². The van der Waals surface area contributed by atoms with Crippen LogP contribution in [0.15, 0.2) is 54.9 Å². The summed E-state index contributed by atoms with van der Waals surface area (Å²) in [6, 6.07) is 11.3. The van der Waals surface area contributed by atoms with Crippen molar-refractivity contribution < 1.29 is 19.0 Å². The van der Waals surface area contributed by atoms with E-state index in [0.717, 1.165) is 22.2 Å². The van der Waals surface area contributed by atoms with Gasteiger partial charge >= 0.3 is 0 Å². The zero-order valence-electron chi connectivity index (χ0n) is 18.5. The van der Waals surface area contributed by atoms with Crippen molar-refractivity contribution in [2.45, 2.75) is 20.4 Å². The van der Waals surface area contributed by atoms with Gasteiger partial charge in [-0.25, -0.2) is 4.39 Å². The summed E-state index contributed by atoms with van der Waals surface area (Å²) in [6.07, 6.45) is 3.42. The van der Waals surface area contributed by atoms with E-state index in [4.69, 9.17) is 4.74 Å². The number of nitrogens with one attached hydrogen (secondary N) is 1. The molecule has 2 aromatic carbocycles. The summed E-state index contributed by atoms with van der Waals surface area (Å²) in [5.41, 5.74) is 4.23. The van der Waals surface area contributed by atoms with Gasteiger partial charge in [0.2, 0.25) is 0 Å². The number of carbonyl (C=O) groups is 1. The number of aromatic nitrogens is 3. The van der Waals surface area contributed by atoms with E-state index in [2.05, 4.69) is 15.2 Å². The lowest BCUT2D eigenvalue weighted by Crippen LogP contribution is -2.33. The number of carbonyl (C=O) groups excluding carboxylic acids is 1. The van der Waals surface area contributed by atoms with Crippen molar-refractivity contribution in [1.29, 1.82) is 0 Å². The summed E-state index contributed by atoms with van der Waals surface area (Å²) in [6.45, 7) is 4.36. The fourth-order valence-electron chi connectivity index (χ4n) is 3.82. The monoisotopic (exact) mass is 448 g/mol. The van der Waals surface area contributed by atoms with Gasteiger partial charge in [0, 0.05) is 47.1 Å². The molecule has 0 aliphatic carbocycles. The third-order valence-electron chi connectivity index (χ3n) is 5.45. The van der Waals surface area contributed by atoms with Crippen molar-refractivity contribution in [2.75, 3.05) is 19.8 Å². The van der Waals surface area contributed by atoms with E-state index in [1.54, 1.807) is 47.6 Å². The molecule has 8 heteroatoms. The molecule has 0 aliphatic heterocycles. The highest BCUT2D eigenvalue weighted by atomic mass is 19.1. The number of aliphatic hydroxyl groups is 1. The number of fused-ring (bicyclic) bond motifs is 1. The molecule has 0 spiro atoms. The molecule has 0 atom stereocenters. The molecule has 2 N–H and O–H groups in total. The Hall–Kier alpha value is -3.78. The van der Waals surface area contributed by atoms with Gasteiger partial charge in [-0.2, -0.15) is 5.10 Å². The molecule has 0 saturated heterocycles. The molecule has 2 aromatic heterocycles. The Balaban J connectivity index is 1.67. The van der Waals surface area contributed by atoms with E-state index in [-0.39, 0.29) is 31.4 Å². The molecule has 33 heavy (non-hydrogen) atoms. The van der Waals surface area contributed by atoms with Crippen LogP contribution < -0.4 is 4.74 Å². The predicted octanol–water partition coefficient (Wildman–Crippen LogP) is 4.11. The van der Waals surface area contributed by atoms with Crippen molar-refractivity contribution in [3.63, 3.8) is 0 Å². The van der Waals surface area contributed by atoms with E-state index in [1.807, 2.05) is 13.8 Å². The Morgan fingerprint density at radius 2 is 2.06 bits per heavy atom. The molecule has 4 rings (SSSR count). The third-order valence-corrected chi connectivity index (χ3v) is 5.45. The van der Waals surface area contributed by atoms with E-state index in [1.165, 1.54) is 12.1 Å². The number of nitrogens with zero attached hydrogens (tertiary/aromatic N) is 3. The molecule has 2 heterocycles. The first-order valence-corrected chi connectivity index (χ1v) is 10.7. The molecule has 7 nitrogen and oxygen atoms in total. The smallest absolute Gasteiger partial charge is 0.254 e. The van der Waals surface area contributed by atoms with Gasteiger partial charge in [-0.1, -0.05) is 12.1 Å². The second-order valence-corrected chi connectivity index (χ2v) is 7.63. The lowest BCUT2D eigenvalue weighted by molar-refractivity contribution is 0.0708. The number of hydrogen-bond acceptors (Lipinski definition) is 5. The summed E-state index contributed by atoms with van der Waals surface area (Å²) in [7, 11) is 0. The minimum Gasteiger partial charge on any atom is -0.493 e. The highest BCUT2D eigenvalue weighted by molar-refractivity contribution is 5.96. The van der Waals surface area contributed by atoms with Gasteiger partial charge in [0.05, 0.1) is 24.9 Å². The number of rotatable bonds is 8. The highest BCUT2D eigenvalue weighted by Gasteiger charge is 2.20. The molecule has 0 unspecified atom stereocenters. The highest BCUT2D eigenvalue weighted by Crippen LogP contribution is 2.32. The van der Waals surface area contributed by atoms with E-state index in [0.29, 0.717) is 29.0 Å². The Kier molecular flexibility index (Phi) is 6.65. The van der Waals surface area contributed by atoms with Crippen LogP contribution in [-0.4, -0.2) is 50.9 Å². The van der Waals surface area contributed by atoms with Gasteiger partial charge in [0.1, 0.15) is 11.6 Å². The number of hydrogen-bond donors (Lipinski definition) is 2. The first kappa shape index (κ1) is 22.4. The normalized spacial score (nSPS) is 11.0. The number of H-pyrrole nitrogens is 1. The number of aryl methyl sites for hydroxylation is 1. The van der Waals surface area contributed by atoms with Gasteiger partial charge in [-0.15, -0.1) is 0 Å². The Morgan fingerprint density at radius 1 is 1.21 bits per heavy atom. The second-order valence-electron chi connectivity index (χ2n) is 7.63. The van der Waals surface area contributed by atoms with Gasteiger partial charge in [-0.05, 0) is 49.7 Å². The first-order chi connectivity index (χ1) is 16.0. The minimum atomic E-state index is -0.346.